The molecule has 0 bridgehead atoms. The first-order chi connectivity index (χ1) is 7.57. The molecular formula is C12H16N2O2. The van der Waals surface area contributed by atoms with Gasteiger partial charge in [-0.3, -0.25) is 14.6 Å². The van der Waals surface area contributed by atoms with E-state index in [1.807, 2.05) is 6.92 Å². The molecule has 1 atom stereocenters. The number of pyridine rings is 1. The zero-order valence-corrected chi connectivity index (χ0v) is 9.80. The second-order valence-corrected chi connectivity index (χ2v) is 3.77. The van der Waals surface area contributed by atoms with Gasteiger partial charge in [-0.1, -0.05) is 13.0 Å². The molecule has 0 radical (unpaired) electrons. The van der Waals surface area contributed by atoms with Crippen molar-refractivity contribution in [2.45, 2.75) is 13.3 Å². The van der Waals surface area contributed by atoms with E-state index in [1.165, 1.54) is 4.90 Å². The highest BCUT2D eigenvalue weighted by molar-refractivity contribution is 6.08. The Morgan fingerprint density at radius 3 is 2.50 bits per heavy atom. The number of hydrogen-bond acceptors (Lipinski definition) is 3. The van der Waals surface area contributed by atoms with Crippen LogP contribution in [0.25, 0.3) is 0 Å². The minimum Gasteiger partial charge on any atom is -0.348 e. The lowest BCUT2D eigenvalue weighted by Crippen LogP contribution is -2.34. The van der Waals surface area contributed by atoms with Crippen molar-refractivity contribution in [1.82, 2.24) is 9.88 Å². The van der Waals surface area contributed by atoms with E-state index in [4.69, 9.17) is 0 Å². The molecule has 86 valence electrons. The van der Waals surface area contributed by atoms with Crippen molar-refractivity contribution in [3.63, 3.8) is 0 Å². The lowest BCUT2D eigenvalue weighted by molar-refractivity contribution is -0.131. The van der Waals surface area contributed by atoms with Crippen LogP contribution in [0.5, 0.6) is 0 Å². The summed E-state index contributed by atoms with van der Waals surface area (Å²) < 4.78 is 0. The first kappa shape index (κ1) is 12.4. The van der Waals surface area contributed by atoms with Crippen LogP contribution < -0.4 is 0 Å². The summed E-state index contributed by atoms with van der Waals surface area (Å²) in [6, 6.07) is 5.12. The third-order valence-corrected chi connectivity index (χ3v) is 2.38. The molecule has 1 heterocycles. The van der Waals surface area contributed by atoms with Crippen molar-refractivity contribution in [3.05, 3.63) is 30.1 Å². The summed E-state index contributed by atoms with van der Waals surface area (Å²) in [5, 5.41) is 0. The molecule has 0 spiro atoms. The van der Waals surface area contributed by atoms with Crippen LogP contribution in [0.1, 0.15) is 23.8 Å². The maximum absolute atomic E-state index is 12.0. The van der Waals surface area contributed by atoms with Gasteiger partial charge in [0.2, 0.25) is 5.91 Å². The Morgan fingerprint density at radius 1 is 1.38 bits per heavy atom. The summed E-state index contributed by atoms with van der Waals surface area (Å²) in [7, 11) is 3.30. The molecule has 1 unspecified atom stereocenters. The van der Waals surface area contributed by atoms with E-state index in [-0.39, 0.29) is 11.7 Å². The molecule has 0 fully saturated rings. The molecule has 0 N–H and O–H groups in total. The van der Waals surface area contributed by atoms with Gasteiger partial charge in [0.05, 0.1) is 0 Å². The maximum Gasteiger partial charge on any atom is 0.233 e. The molecule has 0 aromatic carbocycles. The Labute approximate surface area is 95.3 Å². The van der Waals surface area contributed by atoms with Gasteiger partial charge in [-0.05, 0) is 18.6 Å². The zero-order chi connectivity index (χ0) is 12.1. The highest BCUT2D eigenvalue weighted by Gasteiger charge is 2.27. The molecule has 0 saturated carbocycles. The summed E-state index contributed by atoms with van der Waals surface area (Å²) >= 11 is 0. The summed E-state index contributed by atoms with van der Waals surface area (Å²) in [6.07, 6.45) is 2.05. The van der Waals surface area contributed by atoms with E-state index in [0.717, 1.165) is 0 Å². The van der Waals surface area contributed by atoms with Crippen LogP contribution in [0.4, 0.5) is 0 Å². The van der Waals surface area contributed by atoms with E-state index in [1.54, 1.807) is 38.5 Å². The van der Waals surface area contributed by atoms with Gasteiger partial charge in [-0.15, -0.1) is 0 Å². The second kappa shape index (κ2) is 5.39. The molecule has 16 heavy (non-hydrogen) atoms. The van der Waals surface area contributed by atoms with Crippen LogP contribution >= 0.6 is 0 Å². The number of carbonyl (C=O) groups excluding carboxylic acids is 2. The first-order valence-electron chi connectivity index (χ1n) is 5.24. The quantitative estimate of drug-likeness (QED) is 0.569. The summed E-state index contributed by atoms with van der Waals surface area (Å²) in [6.45, 7) is 1.83. The van der Waals surface area contributed by atoms with Gasteiger partial charge in [0.15, 0.2) is 5.78 Å². The predicted molar refractivity (Wildman–Crippen MR) is 61.0 cm³/mol. The van der Waals surface area contributed by atoms with Crippen molar-refractivity contribution in [1.29, 1.82) is 0 Å². The SMILES string of the molecule is CCC(C(=O)c1ccccn1)C(=O)N(C)C. The molecule has 0 aliphatic rings. The highest BCUT2D eigenvalue weighted by Crippen LogP contribution is 2.12. The smallest absolute Gasteiger partial charge is 0.233 e. The minimum atomic E-state index is -0.620. The van der Waals surface area contributed by atoms with Crippen molar-refractivity contribution < 1.29 is 9.59 Å². The van der Waals surface area contributed by atoms with Crippen LogP contribution in [0, 0.1) is 5.92 Å². The zero-order valence-electron chi connectivity index (χ0n) is 9.80. The Balaban J connectivity index is 2.91. The monoisotopic (exact) mass is 220 g/mol. The summed E-state index contributed by atoms with van der Waals surface area (Å²) in [4.78, 5) is 29.2. The Bertz CT molecular complexity index is 374. The molecule has 4 nitrogen and oxygen atoms in total. The maximum atomic E-state index is 12.0. The van der Waals surface area contributed by atoms with Crippen LogP contribution in [-0.2, 0) is 4.79 Å². The lowest BCUT2D eigenvalue weighted by atomic mass is 9.97. The summed E-state index contributed by atoms with van der Waals surface area (Å²) in [5.74, 6) is -0.996. The number of carbonyl (C=O) groups is 2. The number of amides is 1. The average Bonchev–Trinajstić information content (AvgIpc) is 2.30. The fraction of sp³-hybridized carbons (Fsp3) is 0.417. The van der Waals surface area contributed by atoms with Crippen molar-refractivity contribution >= 4 is 11.7 Å². The van der Waals surface area contributed by atoms with Gasteiger partial charge in [0.1, 0.15) is 11.6 Å². The number of nitrogens with zero attached hydrogens (tertiary/aromatic N) is 2. The topological polar surface area (TPSA) is 50.3 Å². The van der Waals surface area contributed by atoms with Crippen molar-refractivity contribution in [2.75, 3.05) is 14.1 Å². The van der Waals surface area contributed by atoms with Gasteiger partial charge < -0.3 is 4.90 Å². The Hall–Kier alpha value is -1.71. The normalized spacial score (nSPS) is 11.9. The van der Waals surface area contributed by atoms with E-state index in [9.17, 15) is 9.59 Å². The van der Waals surface area contributed by atoms with E-state index >= 15 is 0 Å². The molecule has 1 aromatic rings. The minimum absolute atomic E-state index is 0.168. The van der Waals surface area contributed by atoms with Crippen molar-refractivity contribution in [2.24, 2.45) is 5.92 Å². The van der Waals surface area contributed by atoms with Gasteiger partial charge >= 0.3 is 0 Å². The third-order valence-electron chi connectivity index (χ3n) is 2.38. The molecule has 4 heteroatoms. The molecule has 1 aromatic heterocycles. The molecule has 0 aliphatic heterocycles. The highest BCUT2D eigenvalue weighted by atomic mass is 16.2. The predicted octanol–water partition coefficient (Wildman–Crippen LogP) is 1.38. The fourth-order valence-electron chi connectivity index (χ4n) is 1.47. The number of hydrogen-bond donors (Lipinski definition) is 0. The Morgan fingerprint density at radius 2 is 2.06 bits per heavy atom. The van der Waals surface area contributed by atoms with Crippen LogP contribution in [-0.4, -0.2) is 35.7 Å². The van der Waals surface area contributed by atoms with Crippen molar-refractivity contribution in [3.8, 4) is 0 Å². The van der Waals surface area contributed by atoms with Gasteiger partial charge in [0.25, 0.3) is 0 Å². The molecule has 0 saturated heterocycles. The average molecular weight is 220 g/mol. The van der Waals surface area contributed by atoms with E-state index in [2.05, 4.69) is 4.98 Å². The van der Waals surface area contributed by atoms with Crippen LogP contribution in [0.3, 0.4) is 0 Å². The number of rotatable bonds is 4. The number of aromatic nitrogens is 1. The lowest BCUT2D eigenvalue weighted by Gasteiger charge is -2.17. The van der Waals surface area contributed by atoms with Crippen LogP contribution in [0.2, 0.25) is 0 Å². The largest absolute Gasteiger partial charge is 0.348 e. The van der Waals surface area contributed by atoms with Gasteiger partial charge in [-0.2, -0.15) is 0 Å². The summed E-state index contributed by atoms with van der Waals surface area (Å²) in [5.41, 5.74) is 0.351. The van der Waals surface area contributed by atoms with E-state index < -0.39 is 5.92 Å². The molecule has 0 aliphatic carbocycles. The molecule has 1 amide bonds. The standard InChI is InChI=1S/C12H16N2O2/c1-4-9(12(16)14(2)3)11(15)10-7-5-6-8-13-10/h5-9H,4H2,1-3H3. The second-order valence-electron chi connectivity index (χ2n) is 3.77. The van der Waals surface area contributed by atoms with Crippen LogP contribution in [0.15, 0.2) is 24.4 Å². The Kier molecular flexibility index (Phi) is 4.17. The third kappa shape index (κ3) is 2.66. The number of ketones is 1. The van der Waals surface area contributed by atoms with E-state index in [0.29, 0.717) is 12.1 Å². The number of Topliss-reactive ketones (excluding diaryl/α,β-unsaturated/α-hetero) is 1. The van der Waals surface area contributed by atoms with Gasteiger partial charge in [-0.25, -0.2) is 0 Å². The van der Waals surface area contributed by atoms with Gasteiger partial charge in [0, 0.05) is 20.3 Å². The molecule has 1 rings (SSSR count). The first-order valence-corrected chi connectivity index (χ1v) is 5.24. The fourth-order valence-corrected chi connectivity index (χ4v) is 1.47. The molecular weight excluding hydrogens is 204 g/mol.